The molecule has 0 rings (SSSR count). The Labute approximate surface area is 190 Å². The van der Waals surface area contributed by atoms with E-state index in [2.05, 4.69) is 19.1 Å². The Morgan fingerprint density at radius 3 is 1.47 bits per heavy atom. The molecule has 0 aliphatic rings. The zero-order valence-corrected chi connectivity index (χ0v) is 22.0. The average molecular weight is 443 g/mol. The van der Waals surface area contributed by atoms with Crippen LogP contribution < -0.4 is 4.89 Å². The second-order valence-electron chi connectivity index (χ2n) is 10.0. The minimum absolute atomic E-state index is 0.491. The Kier molecular flexibility index (Phi) is 18.2. The van der Waals surface area contributed by atoms with E-state index in [1.807, 2.05) is 28.1 Å². The first kappa shape index (κ1) is 29.8. The van der Waals surface area contributed by atoms with Gasteiger partial charge >= 0.3 is 8.03 Å². The fourth-order valence-corrected chi connectivity index (χ4v) is 5.56. The maximum absolute atomic E-state index is 11.9. The van der Waals surface area contributed by atoms with E-state index in [0.717, 1.165) is 19.3 Å². The van der Waals surface area contributed by atoms with Crippen LogP contribution in [0, 0.1) is 0 Å². The Morgan fingerprint density at radius 1 is 0.700 bits per heavy atom. The summed E-state index contributed by atoms with van der Waals surface area (Å²) in [4.78, 5) is 11.9. The van der Waals surface area contributed by atoms with Gasteiger partial charge in [-0.2, -0.15) is 0 Å². The molecule has 0 saturated carbocycles. The Hall–Kier alpha value is -0.240. The van der Waals surface area contributed by atoms with Gasteiger partial charge < -0.3 is 4.89 Å². The van der Waals surface area contributed by atoms with Crippen molar-refractivity contribution in [2.75, 3.05) is 21.1 Å². The van der Waals surface area contributed by atoms with E-state index in [1.54, 1.807) is 0 Å². The van der Waals surface area contributed by atoms with E-state index >= 15 is 0 Å². The zero-order chi connectivity index (χ0) is 22.7. The lowest BCUT2D eigenvalue weighted by molar-refractivity contribution is -0.910. The first-order chi connectivity index (χ1) is 14.3. The molecule has 0 amide bonds. The molecular weight excluding hydrogens is 389 g/mol. The van der Waals surface area contributed by atoms with E-state index in [-0.39, 0.29) is 0 Å². The van der Waals surface area contributed by atoms with Crippen molar-refractivity contribution in [3.63, 3.8) is 0 Å². The molecule has 0 spiro atoms. The summed E-state index contributed by atoms with van der Waals surface area (Å²) >= 11 is 0. The van der Waals surface area contributed by atoms with Gasteiger partial charge in [-0.15, -0.1) is 0 Å². The van der Waals surface area contributed by atoms with Gasteiger partial charge in [0.1, 0.15) is 0 Å². The molecule has 0 radical (unpaired) electrons. The third kappa shape index (κ3) is 13.2. The van der Waals surface area contributed by atoms with Crippen LogP contribution in [0.1, 0.15) is 129 Å². The normalized spacial score (nSPS) is 14.9. The van der Waals surface area contributed by atoms with Crippen LogP contribution in [0.15, 0.2) is 12.2 Å². The van der Waals surface area contributed by atoms with Crippen molar-refractivity contribution in [1.82, 2.24) is 0 Å². The zero-order valence-electron chi connectivity index (χ0n) is 21.1. The molecule has 4 heteroatoms. The quantitative estimate of drug-likeness (QED) is 0.0779. The number of nitrogens with zero attached hydrogens (tertiary/aromatic N) is 1. The van der Waals surface area contributed by atoms with Gasteiger partial charge in [0.25, 0.3) is 5.28 Å². The molecule has 0 saturated heterocycles. The lowest BCUT2D eigenvalue weighted by atomic mass is 10.0. The van der Waals surface area contributed by atoms with E-state index < -0.39 is 13.3 Å². The first-order valence-electron chi connectivity index (χ1n) is 12.9. The third-order valence-corrected chi connectivity index (χ3v) is 8.56. The van der Waals surface area contributed by atoms with Gasteiger partial charge in [-0.3, -0.25) is 4.48 Å². The number of quaternary nitrogens is 1. The van der Waals surface area contributed by atoms with E-state index in [9.17, 15) is 9.46 Å². The summed E-state index contributed by atoms with van der Waals surface area (Å²) in [6, 6.07) is 0. The highest BCUT2D eigenvalue weighted by Crippen LogP contribution is 2.44. The number of rotatable bonds is 21. The van der Waals surface area contributed by atoms with Crippen molar-refractivity contribution >= 4 is 8.03 Å². The van der Waals surface area contributed by atoms with E-state index in [4.69, 9.17) is 0 Å². The molecule has 0 aromatic rings. The topological polar surface area (TPSA) is 40.1 Å². The van der Waals surface area contributed by atoms with Gasteiger partial charge in [0.2, 0.25) is 0 Å². The van der Waals surface area contributed by atoms with Crippen molar-refractivity contribution in [2.24, 2.45) is 0 Å². The molecule has 30 heavy (non-hydrogen) atoms. The van der Waals surface area contributed by atoms with Crippen LogP contribution in [0.3, 0.4) is 0 Å². The van der Waals surface area contributed by atoms with Gasteiger partial charge in [-0.25, -0.2) is 0 Å². The second kappa shape index (κ2) is 18.3. The molecule has 2 unspecified atom stereocenters. The fraction of sp³-hybridized carbons (Fsp3) is 0.923. The molecule has 0 aliphatic heterocycles. The first-order valence-corrected chi connectivity index (χ1v) is 14.1. The van der Waals surface area contributed by atoms with Gasteiger partial charge in [0.05, 0.1) is 21.1 Å². The van der Waals surface area contributed by atoms with Crippen LogP contribution in [0.4, 0.5) is 0 Å². The summed E-state index contributed by atoms with van der Waals surface area (Å²) in [5.41, 5.74) is 0. The molecule has 0 aromatic carbocycles. The maximum atomic E-state index is 11.9. The molecule has 2 atom stereocenters. The highest BCUT2D eigenvalue weighted by atomic mass is 31.1. The average Bonchev–Trinajstić information content (AvgIpc) is 2.68. The van der Waals surface area contributed by atoms with Crippen LogP contribution >= 0.6 is 8.03 Å². The monoisotopic (exact) mass is 442 g/mol. The summed E-state index contributed by atoms with van der Waals surface area (Å²) in [5, 5.41) is -0.627. The second-order valence-corrected chi connectivity index (χ2v) is 11.3. The minimum Gasteiger partial charge on any atom is -0.590 e. The van der Waals surface area contributed by atoms with E-state index in [1.165, 1.54) is 89.9 Å². The van der Waals surface area contributed by atoms with Crippen LogP contribution in [0.5, 0.6) is 0 Å². The van der Waals surface area contributed by atoms with Crippen molar-refractivity contribution in [1.29, 1.82) is 0 Å². The van der Waals surface area contributed by atoms with E-state index in [0.29, 0.717) is 10.9 Å². The summed E-state index contributed by atoms with van der Waals surface area (Å²) in [6.07, 6.45) is 27.3. The molecular formula is C26H53NO2P+. The van der Waals surface area contributed by atoms with Crippen LogP contribution in [0.25, 0.3) is 0 Å². The summed E-state index contributed by atoms with van der Waals surface area (Å²) in [5.74, 6) is 0. The third-order valence-electron chi connectivity index (χ3n) is 6.74. The molecule has 0 fully saturated rings. The van der Waals surface area contributed by atoms with Crippen molar-refractivity contribution in [3.8, 4) is 0 Å². The summed E-state index contributed by atoms with van der Waals surface area (Å²) in [7, 11) is 3.56. The lowest BCUT2D eigenvalue weighted by Crippen LogP contribution is -2.55. The minimum atomic E-state index is -2.43. The summed E-state index contributed by atoms with van der Waals surface area (Å²) in [6.45, 7) is 4.28. The van der Waals surface area contributed by atoms with Crippen LogP contribution in [0.2, 0.25) is 0 Å². The predicted octanol–water partition coefficient (Wildman–Crippen LogP) is 8.11. The molecule has 178 valence electrons. The number of allylic oxidation sites excluding steroid dienone is 2. The predicted molar refractivity (Wildman–Crippen MR) is 132 cm³/mol. The number of hydrogen-bond acceptors (Lipinski definition) is 2. The van der Waals surface area contributed by atoms with Crippen LogP contribution in [-0.2, 0) is 4.57 Å². The summed E-state index contributed by atoms with van der Waals surface area (Å²) < 4.78 is 12.4. The van der Waals surface area contributed by atoms with Gasteiger partial charge in [-0.05, 0) is 25.7 Å². The highest BCUT2D eigenvalue weighted by molar-refractivity contribution is 7.38. The molecule has 0 N–H and O–H groups in total. The standard InChI is InChI=1S/C26H53NO2P/c1-6-8-9-10-11-12-13-14-15-16-17-18-19-20-21-22-23-24-25-26(7-2,30(28)29)27(3,4)5/h21-22H,6-20,23-25H2,1-5H3/q+1. The Morgan fingerprint density at radius 2 is 1.10 bits per heavy atom. The smallest absolute Gasteiger partial charge is 0.376 e. The lowest BCUT2D eigenvalue weighted by Gasteiger charge is -2.39. The molecule has 0 aliphatic carbocycles. The molecule has 3 nitrogen and oxygen atoms in total. The van der Waals surface area contributed by atoms with Crippen molar-refractivity contribution in [3.05, 3.63) is 12.2 Å². The fourth-order valence-electron chi connectivity index (χ4n) is 4.47. The Bertz CT molecular complexity index is 445. The largest absolute Gasteiger partial charge is 0.590 e. The van der Waals surface area contributed by atoms with Gasteiger partial charge in [0.15, 0.2) is 0 Å². The Balaban J connectivity index is 3.61. The maximum Gasteiger partial charge on any atom is 0.376 e. The number of unbranched alkanes of at least 4 members (excludes halogenated alkanes) is 14. The highest BCUT2D eigenvalue weighted by Gasteiger charge is 2.52. The van der Waals surface area contributed by atoms with Gasteiger partial charge in [-0.1, -0.05) is 108 Å². The molecule has 0 aromatic heterocycles. The van der Waals surface area contributed by atoms with Crippen LogP contribution in [-0.4, -0.2) is 30.9 Å². The SMILES string of the molecule is CCCCCCCCCCCCCCCC=CCCCC(CC)([P+](=O)[O-])[N+](C)(C)C. The number of hydrogen-bond donors (Lipinski definition) is 0. The van der Waals surface area contributed by atoms with Gasteiger partial charge in [0, 0.05) is 12.8 Å². The molecule has 0 bridgehead atoms. The van der Waals surface area contributed by atoms with Crippen molar-refractivity contribution < 1.29 is 13.9 Å². The molecule has 0 heterocycles. The van der Waals surface area contributed by atoms with Crippen molar-refractivity contribution in [2.45, 2.75) is 135 Å².